The van der Waals surface area contributed by atoms with E-state index in [0.717, 1.165) is 12.8 Å². The van der Waals surface area contributed by atoms with Gasteiger partial charge in [-0.1, -0.05) is 13.3 Å². The highest BCUT2D eigenvalue weighted by molar-refractivity contribution is 5.76. The predicted molar refractivity (Wildman–Crippen MR) is 64.0 cm³/mol. The third kappa shape index (κ3) is 3.76. The quantitative estimate of drug-likeness (QED) is 0.680. The molecular weight excluding hydrogens is 204 g/mol. The maximum Gasteiger partial charge on any atom is 0.220 e. The van der Waals surface area contributed by atoms with Crippen LogP contribution in [0.1, 0.15) is 32.6 Å². The summed E-state index contributed by atoms with van der Waals surface area (Å²) in [6.07, 6.45) is 4.00. The summed E-state index contributed by atoms with van der Waals surface area (Å²) in [5, 5.41) is 2.95. The van der Waals surface area contributed by atoms with Gasteiger partial charge in [-0.05, 0) is 30.7 Å². The Labute approximate surface area is 97.9 Å². The Bertz CT molecular complexity index is 222. The molecule has 1 aliphatic rings. The monoisotopic (exact) mass is 228 g/mol. The topological polar surface area (TPSA) is 64.3 Å². The number of carbonyl (C=O) groups excluding carboxylic acids is 1. The van der Waals surface area contributed by atoms with Gasteiger partial charge in [-0.15, -0.1) is 0 Å². The molecule has 0 saturated heterocycles. The van der Waals surface area contributed by atoms with Crippen LogP contribution in [0.3, 0.4) is 0 Å². The molecule has 1 saturated carbocycles. The number of hydrogen-bond acceptors (Lipinski definition) is 3. The fourth-order valence-corrected chi connectivity index (χ4v) is 2.16. The first-order valence-corrected chi connectivity index (χ1v) is 6.07. The maximum absolute atomic E-state index is 11.7. The Balaban J connectivity index is 2.20. The highest BCUT2D eigenvalue weighted by Gasteiger charge is 2.37. The van der Waals surface area contributed by atoms with Crippen LogP contribution in [0.5, 0.6) is 0 Å². The molecule has 0 heterocycles. The van der Waals surface area contributed by atoms with E-state index < -0.39 is 0 Å². The van der Waals surface area contributed by atoms with Gasteiger partial charge >= 0.3 is 0 Å². The minimum atomic E-state index is 0.106. The summed E-state index contributed by atoms with van der Waals surface area (Å²) in [5.74, 6) is 0.497. The number of hydrogen-bond donors (Lipinski definition) is 2. The summed E-state index contributed by atoms with van der Waals surface area (Å²) in [7, 11) is 1.68. The zero-order valence-corrected chi connectivity index (χ0v) is 10.4. The normalized spacial score (nSPS) is 19.9. The van der Waals surface area contributed by atoms with Crippen molar-refractivity contribution in [2.75, 3.05) is 26.8 Å². The van der Waals surface area contributed by atoms with Crippen LogP contribution in [0.25, 0.3) is 0 Å². The Kier molecular flexibility index (Phi) is 5.22. The standard InChI is InChI=1S/C12H24N2O2/c1-10(8-16-2)7-14-11(15)6-12(9-13)4-3-5-12/h10H,3-9,13H2,1-2H3,(H,14,15). The van der Waals surface area contributed by atoms with E-state index in [4.69, 9.17) is 10.5 Å². The lowest BCUT2D eigenvalue weighted by molar-refractivity contribution is -0.124. The smallest absolute Gasteiger partial charge is 0.220 e. The van der Waals surface area contributed by atoms with Crippen LogP contribution >= 0.6 is 0 Å². The summed E-state index contributed by atoms with van der Waals surface area (Å²) in [6.45, 7) is 4.06. The Morgan fingerprint density at radius 1 is 1.56 bits per heavy atom. The summed E-state index contributed by atoms with van der Waals surface area (Å²) < 4.78 is 5.02. The van der Waals surface area contributed by atoms with Crippen molar-refractivity contribution < 1.29 is 9.53 Å². The molecule has 1 atom stereocenters. The molecule has 4 nitrogen and oxygen atoms in total. The fraction of sp³-hybridized carbons (Fsp3) is 0.917. The van der Waals surface area contributed by atoms with E-state index in [1.165, 1.54) is 6.42 Å². The molecule has 1 aliphatic carbocycles. The van der Waals surface area contributed by atoms with E-state index in [-0.39, 0.29) is 11.3 Å². The first-order valence-electron chi connectivity index (χ1n) is 6.07. The average molecular weight is 228 g/mol. The Hall–Kier alpha value is -0.610. The van der Waals surface area contributed by atoms with Gasteiger partial charge in [0.25, 0.3) is 0 Å². The summed E-state index contributed by atoms with van der Waals surface area (Å²) in [6, 6.07) is 0. The van der Waals surface area contributed by atoms with Gasteiger partial charge in [-0.2, -0.15) is 0 Å². The van der Waals surface area contributed by atoms with Crippen molar-refractivity contribution in [3.05, 3.63) is 0 Å². The summed E-state index contributed by atoms with van der Waals surface area (Å²) >= 11 is 0. The molecule has 0 bridgehead atoms. The van der Waals surface area contributed by atoms with Gasteiger partial charge in [0, 0.05) is 20.1 Å². The van der Waals surface area contributed by atoms with Crippen LogP contribution < -0.4 is 11.1 Å². The number of ether oxygens (including phenoxy) is 1. The third-order valence-electron chi connectivity index (χ3n) is 3.48. The molecule has 0 aliphatic heterocycles. The lowest BCUT2D eigenvalue weighted by Gasteiger charge is -2.40. The second-order valence-electron chi connectivity index (χ2n) is 5.10. The van der Waals surface area contributed by atoms with E-state index >= 15 is 0 Å². The molecular formula is C12H24N2O2. The second kappa shape index (κ2) is 6.21. The third-order valence-corrected chi connectivity index (χ3v) is 3.48. The van der Waals surface area contributed by atoms with Crippen LogP contribution in [0.15, 0.2) is 0 Å². The molecule has 0 aromatic heterocycles. The molecule has 0 aromatic rings. The van der Waals surface area contributed by atoms with Crippen molar-refractivity contribution in [3.8, 4) is 0 Å². The SMILES string of the molecule is COCC(C)CNC(=O)CC1(CN)CCC1. The van der Waals surface area contributed by atoms with Crippen molar-refractivity contribution in [1.29, 1.82) is 0 Å². The van der Waals surface area contributed by atoms with Crippen LogP contribution in [-0.2, 0) is 9.53 Å². The molecule has 4 heteroatoms. The molecule has 16 heavy (non-hydrogen) atoms. The molecule has 1 amide bonds. The Morgan fingerprint density at radius 2 is 2.25 bits per heavy atom. The fourth-order valence-electron chi connectivity index (χ4n) is 2.16. The number of nitrogens with one attached hydrogen (secondary N) is 1. The molecule has 3 N–H and O–H groups in total. The number of methoxy groups -OCH3 is 1. The molecule has 0 aromatic carbocycles. The van der Waals surface area contributed by atoms with E-state index in [1.54, 1.807) is 7.11 Å². The van der Waals surface area contributed by atoms with Gasteiger partial charge in [-0.25, -0.2) is 0 Å². The van der Waals surface area contributed by atoms with E-state index in [0.29, 0.717) is 32.0 Å². The van der Waals surface area contributed by atoms with Gasteiger partial charge in [0.15, 0.2) is 0 Å². The molecule has 0 spiro atoms. The average Bonchev–Trinajstić information content (AvgIpc) is 2.21. The molecule has 1 fully saturated rings. The van der Waals surface area contributed by atoms with Gasteiger partial charge in [0.2, 0.25) is 5.91 Å². The minimum Gasteiger partial charge on any atom is -0.384 e. The van der Waals surface area contributed by atoms with E-state index in [1.807, 2.05) is 0 Å². The van der Waals surface area contributed by atoms with Gasteiger partial charge in [0.1, 0.15) is 0 Å². The first-order chi connectivity index (χ1) is 7.62. The molecule has 1 rings (SSSR count). The minimum absolute atomic E-state index is 0.106. The Morgan fingerprint density at radius 3 is 2.69 bits per heavy atom. The first kappa shape index (κ1) is 13.5. The zero-order chi connectivity index (χ0) is 12.0. The largest absolute Gasteiger partial charge is 0.384 e. The lowest BCUT2D eigenvalue weighted by Crippen LogP contribution is -2.42. The van der Waals surface area contributed by atoms with Crippen LogP contribution in [-0.4, -0.2) is 32.7 Å². The zero-order valence-electron chi connectivity index (χ0n) is 10.4. The van der Waals surface area contributed by atoms with Gasteiger partial charge < -0.3 is 15.8 Å². The highest BCUT2D eigenvalue weighted by atomic mass is 16.5. The van der Waals surface area contributed by atoms with Crippen LogP contribution in [0, 0.1) is 11.3 Å². The highest BCUT2D eigenvalue weighted by Crippen LogP contribution is 2.42. The van der Waals surface area contributed by atoms with Crippen molar-refractivity contribution in [3.63, 3.8) is 0 Å². The van der Waals surface area contributed by atoms with E-state index in [2.05, 4.69) is 12.2 Å². The molecule has 0 radical (unpaired) electrons. The van der Waals surface area contributed by atoms with E-state index in [9.17, 15) is 4.79 Å². The maximum atomic E-state index is 11.7. The van der Waals surface area contributed by atoms with Gasteiger partial charge in [-0.3, -0.25) is 4.79 Å². The van der Waals surface area contributed by atoms with Crippen LogP contribution in [0.2, 0.25) is 0 Å². The van der Waals surface area contributed by atoms with Crippen molar-refractivity contribution in [1.82, 2.24) is 5.32 Å². The number of carbonyl (C=O) groups is 1. The van der Waals surface area contributed by atoms with Crippen molar-refractivity contribution >= 4 is 5.91 Å². The van der Waals surface area contributed by atoms with Crippen molar-refractivity contribution in [2.45, 2.75) is 32.6 Å². The number of rotatable bonds is 7. The molecule has 1 unspecified atom stereocenters. The second-order valence-corrected chi connectivity index (χ2v) is 5.10. The lowest BCUT2D eigenvalue weighted by atomic mass is 9.66. The molecule has 94 valence electrons. The summed E-state index contributed by atoms with van der Waals surface area (Å²) in [4.78, 5) is 11.7. The van der Waals surface area contributed by atoms with Crippen molar-refractivity contribution in [2.24, 2.45) is 17.1 Å². The van der Waals surface area contributed by atoms with Gasteiger partial charge in [0.05, 0.1) is 6.61 Å². The number of amides is 1. The number of nitrogens with two attached hydrogens (primary N) is 1. The van der Waals surface area contributed by atoms with Crippen LogP contribution in [0.4, 0.5) is 0 Å². The summed E-state index contributed by atoms with van der Waals surface area (Å²) in [5.41, 5.74) is 5.83. The predicted octanol–water partition coefficient (Wildman–Crippen LogP) is 0.904.